The molecular formula is C19H23N3O2. The molecule has 1 aliphatic carbocycles. The van der Waals surface area contributed by atoms with Crippen LogP contribution in [-0.4, -0.2) is 22.4 Å². The standard InChI is InChI=1S/C19H23N3O2/c1-13-8-18(2,3)12-19(9-13)16(23)22(17(24)21-19)11-15-6-4-14(10-20)5-7-15/h4-7,13H,8-9,11-12H2,1-3H3,(H,21,24)/t13-,19-/m1/s1. The zero-order valence-corrected chi connectivity index (χ0v) is 14.4. The highest BCUT2D eigenvalue weighted by Gasteiger charge is 2.55. The van der Waals surface area contributed by atoms with Gasteiger partial charge in [0.15, 0.2) is 0 Å². The van der Waals surface area contributed by atoms with E-state index in [0.717, 1.165) is 12.0 Å². The molecule has 5 nitrogen and oxygen atoms in total. The molecule has 0 unspecified atom stereocenters. The van der Waals surface area contributed by atoms with Crippen molar-refractivity contribution in [2.24, 2.45) is 11.3 Å². The summed E-state index contributed by atoms with van der Waals surface area (Å²) in [5, 5.41) is 11.8. The first-order valence-electron chi connectivity index (χ1n) is 8.38. The van der Waals surface area contributed by atoms with E-state index in [1.54, 1.807) is 24.3 Å². The SMILES string of the molecule is C[C@@H]1CC(C)(C)C[C@@]2(C1)NC(=O)N(Cc1ccc(C#N)cc1)C2=O. The summed E-state index contributed by atoms with van der Waals surface area (Å²) in [5.74, 6) is 0.282. The second kappa shape index (κ2) is 5.62. The number of benzene rings is 1. The topological polar surface area (TPSA) is 73.2 Å². The Labute approximate surface area is 142 Å². The highest BCUT2D eigenvalue weighted by Crippen LogP contribution is 2.46. The molecule has 3 rings (SSSR count). The van der Waals surface area contributed by atoms with Gasteiger partial charge in [0.2, 0.25) is 0 Å². The fourth-order valence-corrected chi connectivity index (χ4v) is 4.52. The highest BCUT2D eigenvalue weighted by molar-refractivity contribution is 6.07. The lowest BCUT2D eigenvalue weighted by atomic mass is 9.64. The van der Waals surface area contributed by atoms with Crippen LogP contribution < -0.4 is 5.32 Å². The minimum atomic E-state index is -0.759. The van der Waals surface area contributed by atoms with E-state index in [9.17, 15) is 9.59 Å². The number of nitriles is 1. The normalized spacial score (nSPS) is 28.8. The van der Waals surface area contributed by atoms with Crippen LogP contribution in [0.2, 0.25) is 0 Å². The van der Waals surface area contributed by atoms with Crippen molar-refractivity contribution in [3.8, 4) is 6.07 Å². The Kier molecular flexibility index (Phi) is 3.87. The first-order chi connectivity index (χ1) is 11.2. The number of nitrogens with zero attached hydrogens (tertiary/aromatic N) is 2. The molecule has 1 heterocycles. The maximum Gasteiger partial charge on any atom is 0.325 e. The van der Waals surface area contributed by atoms with Crippen molar-refractivity contribution in [3.05, 3.63) is 35.4 Å². The number of amides is 3. The number of imide groups is 1. The van der Waals surface area contributed by atoms with E-state index < -0.39 is 5.54 Å². The molecule has 1 N–H and O–H groups in total. The molecule has 2 aliphatic rings. The molecule has 0 bridgehead atoms. The van der Waals surface area contributed by atoms with Crippen LogP contribution in [0.25, 0.3) is 0 Å². The summed E-state index contributed by atoms with van der Waals surface area (Å²) < 4.78 is 0. The van der Waals surface area contributed by atoms with Crippen LogP contribution in [-0.2, 0) is 11.3 Å². The van der Waals surface area contributed by atoms with Gasteiger partial charge in [0, 0.05) is 0 Å². The molecule has 1 aromatic carbocycles. The van der Waals surface area contributed by atoms with Gasteiger partial charge in [0.1, 0.15) is 5.54 Å². The number of hydrogen-bond donors (Lipinski definition) is 1. The van der Waals surface area contributed by atoms with E-state index in [4.69, 9.17) is 5.26 Å². The van der Waals surface area contributed by atoms with E-state index in [0.29, 0.717) is 24.3 Å². The second-order valence-corrected chi connectivity index (χ2v) is 8.07. The molecule has 24 heavy (non-hydrogen) atoms. The molecule has 2 atom stereocenters. The van der Waals surface area contributed by atoms with Gasteiger partial charge in [-0.1, -0.05) is 32.9 Å². The van der Waals surface area contributed by atoms with Crippen molar-refractivity contribution < 1.29 is 9.59 Å². The van der Waals surface area contributed by atoms with Crippen molar-refractivity contribution in [1.29, 1.82) is 5.26 Å². The van der Waals surface area contributed by atoms with Gasteiger partial charge in [-0.2, -0.15) is 5.26 Å². The Morgan fingerprint density at radius 1 is 1.25 bits per heavy atom. The number of urea groups is 1. The van der Waals surface area contributed by atoms with E-state index in [2.05, 4.69) is 32.2 Å². The summed E-state index contributed by atoms with van der Waals surface area (Å²) in [5.41, 5.74) is 0.684. The smallest absolute Gasteiger partial charge is 0.323 e. The predicted octanol–water partition coefficient (Wildman–Crippen LogP) is 3.20. The first-order valence-corrected chi connectivity index (χ1v) is 8.38. The monoisotopic (exact) mass is 325 g/mol. The molecule has 126 valence electrons. The van der Waals surface area contributed by atoms with Gasteiger partial charge in [0.25, 0.3) is 5.91 Å². The molecule has 1 saturated carbocycles. The van der Waals surface area contributed by atoms with Crippen molar-refractivity contribution in [1.82, 2.24) is 10.2 Å². The van der Waals surface area contributed by atoms with Crippen LogP contribution in [0.3, 0.4) is 0 Å². The number of carbonyl (C=O) groups is 2. The van der Waals surface area contributed by atoms with Crippen molar-refractivity contribution >= 4 is 11.9 Å². The summed E-state index contributed by atoms with van der Waals surface area (Å²) in [6.07, 6.45) is 2.44. The summed E-state index contributed by atoms with van der Waals surface area (Å²) in [4.78, 5) is 26.8. The molecule has 2 fully saturated rings. The van der Waals surface area contributed by atoms with Gasteiger partial charge in [-0.15, -0.1) is 0 Å². The number of rotatable bonds is 2. The Balaban J connectivity index is 1.82. The van der Waals surface area contributed by atoms with Gasteiger partial charge in [-0.05, 0) is 48.3 Å². The molecular weight excluding hydrogens is 302 g/mol. The maximum atomic E-state index is 13.0. The molecule has 0 aromatic heterocycles. The van der Waals surface area contributed by atoms with Crippen LogP contribution in [0, 0.1) is 22.7 Å². The summed E-state index contributed by atoms with van der Waals surface area (Å²) in [6, 6.07) is 8.74. The third-order valence-electron chi connectivity index (χ3n) is 5.05. The van der Waals surface area contributed by atoms with E-state index in [1.165, 1.54) is 4.90 Å². The molecule has 5 heteroatoms. The van der Waals surface area contributed by atoms with Gasteiger partial charge in [-0.25, -0.2) is 4.79 Å². The predicted molar refractivity (Wildman–Crippen MR) is 89.8 cm³/mol. The van der Waals surface area contributed by atoms with Crippen molar-refractivity contribution in [2.45, 2.75) is 52.1 Å². The summed E-state index contributed by atoms with van der Waals surface area (Å²) in [6.45, 7) is 6.71. The largest absolute Gasteiger partial charge is 0.325 e. The Bertz CT molecular complexity index is 717. The van der Waals surface area contributed by atoms with Crippen LogP contribution >= 0.6 is 0 Å². The second-order valence-electron chi connectivity index (χ2n) is 8.07. The van der Waals surface area contributed by atoms with Crippen LogP contribution in [0.4, 0.5) is 4.79 Å². The first kappa shape index (κ1) is 16.5. The lowest BCUT2D eigenvalue weighted by Gasteiger charge is -2.43. The number of carbonyl (C=O) groups excluding carboxylic acids is 2. The zero-order chi connectivity index (χ0) is 17.5. The van der Waals surface area contributed by atoms with E-state index in [1.807, 2.05) is 0 Å². The van der Waals surface area contributed by atoms with Gasteiger partial charge in [0.05, 0.1) is 18.2 Å². The minimum Gasteiger partial charge on any atom is -0.323 e. The zero-order valence-electron chi connectivity index (χ0n) is 14.4. The fourth-order valence-electron chi connectivity index (χ4n) is 4.52. The van der Waals surface area contributed by atoms with Crippen molar-refractivity contribution in [2.75, 3.05) is 0 Å². The lowest BCUT2D eigenvalue weighted by Crippen LogP contribution is -2.54. The Morgan fingerprint density at radius 3 is 2.50 bits per heavy atom. The molecule has 1 saturated heterocycles. The molecule has 1 spiro atoms. The van der Waals surface area contributed by atoms with Crippen molar-refractivity contribution in [3.63, 3.8) is 0 Å². The van der Waals surface area contributed by atoms with Crippen LogP contribution in [0.5, 0.6) is 0 Å². The number of hydrogen-bond acceptors (Lipinski definition) is 3. The van der Waals surface area contributed by atoms with Gasteiger partial charge >= 0.3 is 6.03 Å². The lowest BCUT2D eigenvalue weighted by molar-refractivity contribution is -0.135. The van der Waals surface area contributed by atoms with Crippen LogP contribution in [0.15, 0.2) is 24.3 Å². The third kappa shape index (κ3) is 2.89. The maximum absolute atomic E-state index is 13.0. The fraction of sp³-hybridized carbons (Fsp3) is 0.526. The molecule has 3 amide bonds. The highest BCUT2D eigenvalue weighted by atomic mass is 16.2. The van der Waals surface area contributed by atoms with Crippen LogP contribution in [0.1, 0.15) is 51.2 Å². The van der Waals surface area contributed by atoms with Gasteiger partial charge < -0.3 is 5.32 Å². The van der Waals surface area contributed by atoms with E-state index in [-0.39, 0.29) is 23.9 Å². The summed E-state index contributed by atoms with van der Waals surface area (Å²) in [7, 11) is 0. The van der Waals surface area contributed by atoms with Gasteiger partial charge in [-0.3, -0.25) is 9.69 Å². The molecule has 1 aliphatic heterocycles. The van der Waals surface area contributed by atoms with E-state index >= 15 is 0 Å². The Morgan fingerprint density at radius 2 is 1.92 bits per heavy atom. The third-order valence-corrected chi connectivity index (χ3v) is 5.05. The molecule has 0 radical (unpaired) electrons. The quantitative estimate of drug-likeness (QED) is 0.849. The average Bonchev–Trinajstić information content (AvgIpc) is 2.69. The number of nitrogens with one attached hydrogen (secondary N) is 1. The Hall–Kier alpha value is -2.35. The minimum absolute atomic E-state index is 0.0328. The summed E-state index contributed by atoms with van der Waals surface area (Å²) >= 11 is 0. The average molecular weight is 325 g/mol. The molecule has 1 aromatic rings.